The molecule has 2 rings (SSSR count). The zero-order valence-corrected chi connectivity index (χ0v) is 9.12. The minimum absolute atomic E-state index is 0.595. The summed E-state index contributed by atoms with van der Waals surface area (Å²) >= 11 is 0. The Morgan fingerprint density at radius 2 is 2.13 bits per heavy atom. The third-order valence-corrected chi connectivity index (χ3v) is 2.87. The van der Waals surface area contributed by atoms with Gasteiger partial charge in [-0.3, -0.25) is 0 Å². The average molecular weight is 198 g/mol. The second-order valence-corrected chi connectivity index (χ2v) is 3.90. The van der Waals surface area contributed by atoms with Crippen LogP contribution < -0.4 is 0 Å². The molecule has 0 fully saturated rings. The molecule has 0 saturated carbocycles. The van der Waals surface area contributed by atoms with Crippen molar-refractivity contribution in [1.29, 1.82) is 5.26 Å². The Kier molecular flexibility index (Phi) is 2.47. The van der Waals surface area contributed by atoms with Crippen LogP contribution in [-0.2, 0) is 13.5 Å². The molecule has 0 bridgehead atoms. The molecule has 2 heteroatoms. The van der Waals surface area contributed by atoms with E-state index < -0.39 is 0 Å². The quantitative estimate of drug-likeness (QED) is 0.729. The normalized spacial score (nSPS) is 10.5. The summed E-state index contributed by atoms with van der Waals surface area (Å²) in [6, 6.07) is 10.8. The molecule has 76 valence electrons. The van der Waals surface area contributed by atoms with E-state index in [0.717, 1.165) is 6.42 Å². The number of rotatable bonds is 2. The molecular weight excluding hydrogens is 184 g/mol. The van der Waals surface area contributed by atoms with Crippen LogP contribution in [0.3, 0.4) is 0 Å². The summed E-state index contributed by atoms with van der Waals surface area (Å²) < 4.78 is 2.18. The molecule has 15 heavy (non-hydrogen) atoms. The second-order valence-electron chi connectivity index (χ2n) is 3.90. The number of fused-ring (bicyclic) bond motifs is 1. The van der Waals surface area contributed by atoms with Crippen molar-refractivity contribution < 1.29 is 0 Å². The smallest absolute Gasteiger partial charge is 0.0625 e. The number of benzene rings is 1. The fourth-order valence-electron chi connectivity index (χ4n) is 1.89. The van der Waals surface area contributed by atoms with Crippen molar-refractivity contribution >= 4 is 10.9 Å². The summed E-state index contributed by atoms with van der Waals surface area (Å²) in [7, 11) is 2.08. The van der Waals surface area contributed by atoms with Crippen molar-refractivity contribution in [2.24, 2.45) is 7.05 Å². The zero-order valence-electron chi connectivity index (χ0n) is 9.12. The SMILES string of the molecule is Cc1cc2cc(CCC#N)ccc2n1C. The Bertz CT molecular complexity index is 529. The number of hydrogen-bond acceptors (Lipinski definition) is 1. The number of aryl methyl sites for hydroxylation is 3. The van der Waals surface area contributed by atoms with Gasteiger partial charge in [-0.1, -0.05) is 6.07 Å². The van der Waals surface area contributed by atoms with Crippen molar-refractivity contribution in [2.75, 3.05) is 0 Å². The molecule has 1 heterocycles. The van der Waals surface area contributed by atoms with Crippen LogP contribution in [0.2, 0.25) is 0 Å². The average Bonchev–Trinajstić information content (AvgIpc) is 2.52. The fourth-order valence-corrected chi connectivity index (χ4v) is 1.89. The Morgan fingerprint density at radius 1 is 1.33 bits per heavy atom. The summed E-state index contributed by atoms with van der Waals surface area (Å²) in [5, 5.41) is 9.80. The lowest BCUT2D eigenvalue weighted by Gasteiger charge is -2.00. The molecule has 0 N–H and O–H groups in total. The largest absolute Gasteiger partial charge is 0.348 e. The zero-order chi connectivity index (χ0) is 10.8. The van der Waals surface area contributed by atoms with E-state index in [1.807, 2.05) is 0 Å². The van der Waals surface area contributed by atoms with Gasteiger partial charge in [0.25, 0.3) is 0 Å². The molecule has 1 aromatic heterocycles. The minimum Gasteiger partial charge on any atom is -0.348 e. The standard InChI is InChI=1S/C13H14N2/c1-10-8-12-9-11(4-3-7-14)5-6-13(12)15(10)2/h5-6,8-9H,3-4H2,1-2H3. The molecule has 2 aromatic rings. The van der Waals surface area contributed by atoms with E-state index in [9.17, 15) is 0 Å². The van der Waals surface area contributed by atoms with Crippen LogP contribution in [0.15, 0.2) is 24.3 Å². The van der Waals surface area contributed by atoms with E-state index in [-0.39, 0.29) is 0 Å². The van der Waals surface area contributed by atoms with Gasteiger partial charge in [-0.05, 0) is 37.1 Å². The molecule has 0 spiro atoms. The third kappa shape index (κ3) is 1.73. The van der Waals surface area contributed by atoms with Crippen LogP contribution in [0.5, 0.6) is 0 Å². The van der Waals surface area contributed by atoms with Gasteiger partial charge < -0.3 is 4.57 Å². The molecule has 0 saturated heterocycles. The minimum atomic E-state index is 0.595. The first-order valence-corrected chi connectivity index (χ1v) is 5.14. The highest BCUT2D eigenvalue weighted by Crippen LogP contribution is 2.20. The Hall–Kier alpha value is -1.75. The third-order valence-electron chi connectivity index (χ3n) is 2.87. The predicted molar refractivity (Wildman–Crippen MR) is 61.6 cm³/mol. The molecular formula is C13H14N2. The maximum absolute atomic E-state index is 8.53. The van der Waals surface area contributed by atoms with Crippen LogP contribution in [-0.4, -0.2) is 4.57 Å². The van der Waals surface area contributed by atoms with Gasteiger partial charge in [-0.25, -0.2) is 0 Å². The van der Waals surface area contributed by atoms with Crippen molar-refractivity contribution in [3.8, 4) is 6.07 Å². The van der Waals surface area contributed by atoms with E-state index in [4.69, 9.17) is 5.26 Å². The highest BCUT2D eigenvalue weighted by Gasteiger charge is 2.02. The molecule has 0 aliphatic heterocycles. The molecule has 0 radical (unpaired) electrons. The summed E-state index contributed by atoms with van der Waals surface area (Å²) in [4.78, 5) is 0. The summed E-state index contributed by atoms with van der Waals surface area (Å²) in [5.41, 5.74) is 3.77. The topological polar surface area (TPSA) is 28.7 Å². The van der Waals surface area contributed by atoms with E-state index in [2.05, 4.69) is 48.9 Å². The van der Waals surface area contributed by atoms with E-state index in [1.54, 1.807) is 0 Å². The van der Waals surface area contributed by atoms with Gasteiger partial charge >= 0.3 is 0 Å². The van der Waals surface area contributed by atoms with Crippen LogP contribution in [0.4, 0.5) is 0 Å². The first-order valence-electron chi connectivity index (χ1n) is 5.14. The molecule has 0 amide bonds. The van der Waals surface area contributed by atoms with Gasteiger partial charge in [0.2, 0.25) is 0 Å². The summed E-state index contributed by atoms with van der Waals surface area (Å²) in [5.74, 6) is 0. The van der Waals surface area contributed by atoms with Gasteiger partial charge in [-0.2, -0.15) is 5.26 Å². The number of nitrogens with zero attached hydrogens (tertiary/aromatic N) is 2. The molecule has 1 aromatic carbocycles. The Balaban J connectivity index is 2.44. The lowest BCUT2D eigenvalue weighted by Crippen LogP contribution is -1.89. The Labute approximate surface area is 89.7 Å². The van der Waals surface area contributed by atoms with Crippen molar-refractivity contribution in [2.45, 2.75) is 19.8 Å². The van der Waals surface area contributed by atoms with Crippen LogP contribution in [0.1, 0.15) is 17.7 Å². The van der Waals surface area contributed by atoms with Gasteiger partial charge in [0, 0.05) is 30.1 Å². The lowest BCUT2D eigenvalue weighted by molar-refractivity contribution is 0.917. The predicted octanol–water partition coefficient (Wildman–Crippen LogP) is 2.94. The fraction of sp³-hybridized carbons (Fsp3) is 0.308. The monoisotopic (exact) mass is 198 g/mol. The highest BCUT2D eigenvalue weighted by molar-refractivity contribution is 5.82. The first kappa shape index (κ1) is 9.79. The maximum Gasteiger partial charge on any atom is 0.0625 e. The van der Waals surface area contributed by atoms with Gasteiger partial charge in [0.05, 0.1) is 6.07 Å². The van der Waals surface area contributed by atoms with Gasteiger partial charge in [0.15, 0.2) is 0 Å². The number of hydrogen-bond donors (Lipinski definition) is 0. The van der Waals surface area contributed by atoms with E-state index in [0.29, 0.717) is 6.42 Å². The van der Waals surface area contributed by atoms with Crippen LogP contribution in [0, 0.1) is 18.3 Å². The van der Waals surface area contributed by atoms with E-state index in [1.165, 1.54) is 22.2 Å². The van der Waals surface area contributed by atoms with E-state index >= 15 is 0 Å². The molecule has 0 atom stereocenters. The second kappa shape index (κ2) is 3.78. The van der Waals surface area contributed by atoms with Crippen molar-refractivity contribution in [3.63, 3.8) is 0 Å². The van der Waals surface area contributed by atoms with Crippen LogP contribution >= 0.6 is 0 Å². The molecule has 0 aliphatic carbocycles. The van der Waals surface area contributed by atoms with Gasteiger partial charge in [-0.15, -0.1) is 0 Å². The van der Waals surface area contributed by atoms with Crippen LogP contribution in [0.25, 0.3) is 10.9 Å². The molecule has 0 aliphatic rings. The first-order chi connectivity index (χ1) is 7.22. The number of aromatic nitrogens is 1. The van der Waals surface area contributed by atoms with Crippen molar-refractivity contribution in [3.05, 3.63) is 35.5 Å². The van der Waals surface area contributed by atoms with Crippen molar-refractivity contribution in [1.82, 2.24) is 4.57 Å². The highest BCUT2D eigenvalue weighted by atomic mass is 14.9. The number of nitriles is 1. The maximum atomic E-state index is 8.53. The Morgan fingerprint density at radius 3 is 2.87 bits per heavy atom. The molecule has 0 unspecified atom stereocenters. The van der Waals surface area contributed by atoms with Gasteiger partial charge in [0.1, 0.15) is 0 Å². The summed E-state index contributed by atoms with van der Waals surface area (Å²) in [6.45, 7) is 2.11. The molecule has 2 nitrogen and oxygen atoms in total. The summed E-state index contributed by atoms with van der Waals surface area (Å²) in [6.07, 6.45) is 1.44. The lowest BCUT2D eigenvalue weighted by atomic mass is 10.1.